The second kappa shape index (κ2) is 6.11. The quantitative estimate of drug-likeness (QED) is 0.809. The molecule has 0 saturated heterocycles. The number of nitriles is 1. The highest BCUT2D eigenvalue weighted by atomic mass is 35.5. The zero-order chi connectivity index (χ0) is 13.0. The average Bonchev–Trinajstić information content (AvgIpc) is 2.39. The number of hydrogen-bond donors (Lipinski definition) is 0. The molecular weight excluding hydrogens is 246 g/mol. The van der Waals surface area contributed by atoms with Crippen molar-refractivity contribution in [3.63, 3.8) is 0 Å². The minimum Gasteiger partial charge on any atom is -0.492 e. The molecule has 0 radical (unpaired) electrons. The van der Waals surface area contributed by atoms with Crippen LogP contribution in [0, 0.1) is 23.2 Å². The fourth-order valence-electron chi connectivity index (χ4n) is 2.39. The monoisotopic (exact) mass is 263 g/mol. The van der Waals surface area contributed by atoms with E-state index in [0.717, 1.165) is 12.5 Å². The Balaban J connectivity index is 1.89. The van der Waals surface area contributed by atoms with Crippen molar-refractivity contribution in [2.24, 2.45) is 11.8 Å². The van der Waals surface area contributed by atoms with E-state index in [4.69, 9.17) is 21.6 Å². The van der Waals surface area contributed by atoms with E-state index < -0.39 is 0 Å². The van der Waals surface area contributed by atoms with Gasteiger partial charge in [-0.3, -0.25) is 0 Å². The molecule has 1 saturated carbocycles. The van der Waals surface area contributed by atoms with E-state index in [1.807, 2.05) is 0 Å². The molecule has 1 fully saturated rings. The average molecular weight is 264 g/mol. The first-order valence-electron chi connectivity index (χ1n) is 6.51. The van der Waals surface area contributed by atoms with Gasteiger partial charge in [-0.05, 0) is 42.9 Å². The molecule has 96 valence electrons. The smallest absolute Gasteiger partial charge is 0.137 e. The second-order valence-electron chi connectivity index (χ2n) is 5.19. The van der Waals surface area contributed by atoms with Crippen molar-refractivity contribution >= 4 is 11.6 Å². The summed E-state index contributed by atoms with van der Waals surface area (Å²) < 4.78 is 5.77. The fourth-order valence-corrected chi connectivity index (χ4v) is 2.63. The van der Waals surface area contributed by atoms with E-state index in [0.29, 0.717) is 22.3 Å². The van der Waals surface area contributed by atoms with Crippen LogP contribution in [-0.4, -0.2) is 6.61 Å². The van der Waals surface area contributed by atoms with Crippen molar-refractivity contribution in [1.82, 2.24) is 0 Å². The lowest BCUT2D eigenvalue weighted by atomic mass is 9.83. The van der Waals surface area contributed by atoms with Gasteiger partial charge >= 0.3 is 0 Å². The maximum atomic E-state index is 8.76. The van der Waals surface area contributed by atoms with E-state index in [1.165, 1.54) is 25.7 Å². The van der Waals surface area contributed by atoms with Gasteiger partial charge in [0.25, 0.3) is 0 Å². The van der Waals surface area contributed by atoms with E-state index in [1.54, 1.807) is 18.2 Å². The van der Waals surface area contributed by atoms with Gasteiger partial charge in [-0.2, -0.15) is 5.26 Å². The summed E-state index contributed by atoms with van der Waals surface area (Å²) >= 11 is 6.07. The predicted molar refractivity (Wildman–Crippen MR) is 72.8 cm³/mol. The lowest BCUT2D eigenvalue weighted by Gasteiger charge is -2.26. The van der Waals surface area contributed by atoms with Crippen molar-refractivity contribution in [2.45, 2.75) is 32.6 Å². The number of halogens is 1. The van der Waals surface area contributed by atoms with Crippen molar-refractivity contribution < 1.29 is 4.74 Å². The first-order chi connectivity index (χ1) is 8.69. The van der Waals surface area contributed by atoms with Gasteiger partial charge in [-0.25, -0.2) is 0 Å². The Labute approximate surface area is 114 Å². The Morgan fingerprint density at radius 2 is 2.06 bits per heavy atom. The number of ether oxygens (including phenoxy) is 1. The van der Waals surface area contributed by atoms with E-state index in [2.05, 4.69) is 13.0 Å². The zero-order valence-electron chi connectivity index (χ0n) is 10.7. The summed E-state index contributed by atoms with van der Waals surface area (Å²) in [5.74, 6) is 2.20. The van der Waals surface area contributed by atoms with Crippen LogP contribution in [0.2, 0.25) is 5.02 Å². The van der Waals surface area contributed by atoms with Gasteiger partial charge < -0.3 is 4.74 Å². The molecule has 0 atom stereocenters. The maximum absolute atomic E-state index is 8.76. The first-order valence-corrected chi connectivity index (χ1v) is 6.89. The van der Waals surface area contributed by atoms with Crippen LogP contribution < -0.4 is 4.74 Å². The number of rotatable bonds is 3. The van der Waals surface area contributed by atoms with E-state index in [9.17, 15) is 0 Å². The highest BCUT2D eigenvalue weighted by Crippen LogP contribution is 2.30. The number of hydrogen-bond acceptors (Lipinski definition) is 2. The van der Waals surface area contributed by atoms with Gasteiger partial charge in [0.1, 0.15) is 5.75 Å². The third-order valence-corrected chi connectivity index (χ3v) is 3.97. The van der Waals surface area contributed by atoms with Crippen LogP contribution in [0.4, 0.5) is 0 Å². The van der Waals surface area contributed by atoms with Crippen LogP contribution >= 0.6 is 11.6 Å². The summed E-state index contributed by atoms with van der Waals surface area (Å²) in [6, 6.07) is 7.24. The van der Waals surface area contributed by atoms with Crippen LogP contribution in [0.3, 0.4) is 0 Å². The van der Waals surface area contributed by atoms with E-state index >= 15 is 0 Å². The molecule has 1 aliphatic rings. The Kier molecular flexibility index (Phi) is 4.49. The standard InChI is InChI=1S/C15H18ClNO/c1-11-2-4-12(5-3-11)10-18-15-7-6-13(9-17)8-14(15)16/h6-8,11-12H,2-5,10H2,1H3/t11-,12-. The van der Waals surface area contributed by atoms with Crippen LogP contribution in [0.15, 0.2) is 18.2 Å². The van der Waals surface area contributed by atoms with Gasteiger partial charge in [0, 0.05) is 0 Å². The molecule has 2 nitrogen and oxygen atoms in total. The van der Waals surface area contributed by atoms with Gasteiger partial charge in [0.15, 0.2) is 0 Å². The topological polar surface area (TPSA) is 33.0 Å². The molecule has 1 aromatic carbocycles. The molecular formula is C15H18ClNO. The molecule has 3 heteroatoms. The molecule has 0 heterocycles. The molecule has 0 aliphatic heterocycles. The molecule has 0 amide bonds. The minimum absolute atomic E-state index is 0.526. The maximum Gasteiger partial charge on any atom is 0.137 e. The Morgan fingerprint density at radius 3 is 2.67 bits per heavy atom. The van der Waals surface area contributed by atoms with E-state index in [-0.39, 0.29) is 0 Å². The summed E-state index contributed by atoms with van der Waals surface area (Å²) in [5, 5.41) is 9.29. The second-order valence-corrected chi connectivity index (χ2v) is 5.60. The van der Waals surface area contributed by atoms with Crippen molar-refractivity contribution in [1.29, 1.82) is 5.26 Å². The SMILES string of the molecule is C[C@H]1CC[C@H](COc2ccc(C#N)cc2Cl)CC1. The van der Waals surface area contributed by atoms with Crippen molar-refractivity contribution in [3.8, 4) is 11.8 Å². The van der Waals surface area contributed by atoms with Crippen LogP contribution in [-0.2, 0) is 0 Å². The molecule has 0 N–H and O–H groups in total. The molecule has 0 spiro atoms. The highest BCUT2D eigenvalue weighted by molar-refractivity contribution is 6.32. The fraction of sp³-hybridized carbons (Fsp3) is 0.533. The van der Waals surface area contributed by atoms with Crippen LogP contribution in [0.1, 0.15) is 38.2 Å². The van der Waals surface area contributed by atoms with Crippen molar-refractivity contribution in [3.05, 3.63) is 28.8 Å². The normalized spacial score (nSPS) is 23.4. The predicted octanol–water partition coefficient (Wildman–Crippen LogP) is 4.42. The molecule has 0 aromatic heterocycles. The molecule has 0 bridgehead atoms. The summed E-state index contributed by atoms with van der Waals surface area (Å²) in [4.78, 5) is 0. The first kappa shape index (κ1) is 13.2. The largest absolute Gasteiger partial charge is 0.492 e. The Bertz CT molecular complexity index is 444. The third-order valence-electron chi connectivity index (χ3n) is 3.67. The summed E-state index contributed by atoms with van der Waals surface area (Å²) in [5.41, 5.74) is 0.568. The summed E-state index contributed by atoms with van der Waals surface area (Å²) in [6.07, 6.45) is 5.09. The summed E-state index contributed by atoms with van der Waals surface area (Å²) in [7, 11) is 0. The lowest BCUT2D eigenvalue weighted by Crippen LogP contribution is -2.18. The van der Waals surface area contributed by atoms with Gasteiger partial charge in [-0.1, -0.05) is 31.4 Å². The Morgan fingerprint density at radius 1 is 1.33 bits per heavy atom. The minimum atomic E-state index is 0.526. The lowest BCUT2D eigenvalue weighted by molar-refractivity contribution is 0.188. The summed E-state index contributed by atoms with van der Waals surface area (Å²) in [6.45, 7) is 3.05. The molecule has 2 rings (SSSR count). The Hall–Kier alpha value is -1.20. The van der Waals surface area contributed by atoms with Gasteiger partial charge in [0.05, 0.1) is 23.3 Å². The number of nitrogens with zero attached hydrogens (tertiary/aromatic N) is 1. The molecule has 1 aromatic rings. The highest BCUT2D eigenvalue weighted by Gasteiger charge is 2.19. The van der Waals surface area contributed by atoms with Crippen molar-refractivity contribution in [2.75, 3.05) is 6.61 Å². The van der Waals surface area contributed by atoms with Gasteiger partial charge in [-0.15, -0.1) is 0 Å². The molecule has 1 aliphatic carbocycles. The van der Waals surface area contributed by atoms with Crippen LogP contribution in [0.5, 0.6) is 5.75 Å². The molecule has 18 heavy (non-hydrogen) atoms. The molecule has 0 unspecified atom stereocenters. The zero-order valence-corrected chi connectivity index (χ0v) is 11.4. The van der Waals surface area contributed by atoms with Gasteiger partial charge in [0.2, 0.25) is 0 Å². The third kappa shape index (κ3) is 3.40. The van der Waals surface area contributed by atoms with Crippen LogP contribution in [0.25, 0.3) is 0 Å². The number of benzene rings is 1.